The maximum atomic E-state index is 12.3. The Hall–Kier alpha value is -1.76. The number of fused-ring (bicyclic) bond motifs is 1. The Kier molecular flexibility index (Phi) is 4.28. The van der Waals surface area contributed by atoms with Crippen LogP contribution in [0.15, 0.2) is 24.7 Å². The summed E-state index contributed by atoms with van der Waals surface area (Å²) in [6.07, 6.45) is 6.37. The SMILES string of the molecule is CC[C@@H](NC(=O)N1CCSCC1)c1cn2cccnc2n1. The Morgan fingerprint density at radius 3 is 3.00 bits per heavy atom. The van der Waals surface area contributed by atoms with Crippen molar-refractivity contribution in [2.75, 3.05) is 24.6 Å². The molecular weight excluding hydrogens is 286 g/mol. The van der Waals surface area contributed by atoms with E-state index in [-0.39, 0.29) is 12.1 Å². The fourth-order valence-corrected chi connectivity index (χ4v) is 3.31. The lowest BCUT2D eigenvalue weighted by atomic mass is 10.2. The second-order valence-electron chi connectivity index (χ2n) is 5.00. The summed E-state index contributed by atoms with van der Waals surface area (Å²) in [7, 11) is 0. The Labute approximate surface area is 127 Å². The van der Waals surface area contributed by atoms with Crippen molar-refractivity contribution in [2.45, 2.75) is 19.4 Å². The fourth-order valence-electron chi connectivity index (χ4n) is 2.41. The first-order chi connectivity index (χ1) is 10.3. The molecule has 21 heavy (non-hydrogen) atoms. The minimum Gasteiger partial charge on any atom is -0.330 e. The van der Waals surface area contributed by atoms with Gasteiger partial charge in [0.15, 0.2) is 0 Å². The van der Waals surface area contributed by atoms with Crippen LogP contribution in [0, 0.1) is 0 Å². The number of rotatable bonds is 3. The molecule has 0 saturated carbocycles. The molecule has 7 heteroatoms. The van der Waals surface area contributed by atoms with Crippen molar-refractivity contribution in [1.82, 2.24) is 24.6 Å². The third-order valence-corrected chi connectivity index (χ3v) is 4.56. The molecule has 1 saturated heterocycles. The number of carbonyl (C=O) groups is 1. The van der Waals surface area contributed by atoms with Gasteiger partial charge in [-0.15, -0.1) is 0 Å². The van der Waals surface area contributed by atoms with Crippen LogP contribution in [0.2, 0.25) is 0 Å². The quantitative estimate of drug-likeness (QED) is 0.941. The maximum Gasteiger partial charge on any atom is 0.317 e. The minimum atomic E-state index is -0.0752. The van der Waals surface area contributed by atoms with E-state index in [4.69, 9.17) is 0 Å². The standard InChI is InChI=1S/C14H19N5OS/c1-2-11(17-14(20)18-6-8-21-9-7-18)12-10-19-5-3-4-15-13(19)16-12/h3-5,10-11H,2,6-9H2,1H3,(H,17,20)/t11-/m1/s1. The molecule has 0 unspecified atom stereocenters. The summed E-state index contributed by atoms with van der Waals surface area (Å²) in [5, 5.41) is 3.09. The van der Waals surface area contributed by atoms with Crippen LogP contribution in [0.5, 0.6) is 0 Å². The van der Waals surface area contributed by atoms with Gasteiger partial charge in [-0.25, -0.2) is 14.8 Å². The van der Waals surface area contributed by atoms with Crippen LogP contribution in [0.25, 0.3) is 5.78 Å². The fraction of sp³-hybridized carbons (Fsp3) is 0.500. The van der Waals surface area contributed by atoms with Gasteiger partial charge in [-0.2, -0.15) is 11.8 Å². The predicted octanol–water partition coefficient (Wildman–Crippen LogP) is 1.94. The molecule has 1 atom stereocenters. The van der Waals surface area contributed by atoms with E-state index < -0.39 is 0 Å². The highest BCUT2D eigenvalue weighted by molar-refractivity contribution is 7.99. The predicted molar refractivity (Wildman–Crippen MR) is 83.4 cm³/mol. The van der Waals surface area contributed by atoms with Gasteiger partial charge in [0.1, 0.15) is 0 Å². The van der Waals surface area contributed by atoms with E-state index in [2.05, 4.69) is 22.2 Å². The molecule has 6 nitrogen and oxygen atoms in total. The number of nitrogens with one attached hydrogen (secondary N) is 1. The van der Waals surface area contributed by atoms with Crippen molar-refractivity contribution in [3.63, 3.8) is 0 Å². The number of amides is 2. The maximum absolute atomic E-state index is 12.3. The molecule has 112 valence electrons. The van der Waals surface area contributed by atoms with E-state index in [9.17, 15) is 4.79 Å². The lowest BCUT2D eigenvalue weighted by molar-refractivity contribution is 0.198. The van der Waals surface area contributed by atoms with E-state index in [1.807, 2.05) is 39.5 Å². The molecule has 0 radical (unpaired) electrons. The number of carbonyl (C=O) groups excluding carboxylic acids is 1. The van der Waals surface area contributed by atoms with Gasteiger partial charge in [-0.05, 0) is 12.5 Å². The number of aromatic nitrogens is 3. The molecule has 2 aromatic heterocycles. The highest BCUT2D eigenvalue weighted by atomic mass is 32.2. The summed E-state index contributed by atoms with van der Waals surface area (Å²) in [4.78, 5) is 22.9. The van der Waals surface area contributed by atoms with Gasteiger partial charge in [-0.1, -0.05) is 6.92 Å². The van der Waals surface area contributed by atoms with E-state index in [0.717, 1.165) is 36.7 Å². The molecular formula is C14H19N5OS. The van der Waals surface area contributed by atoms with Crippen molar-refractivity contribution in [2.24, 2.45) is 0 Å². The summed E-state index contributed by atoms with van der Waals surface area (Å²) in [5.41, 5.74) is 0.857. The normalized spacial score (nSPS) is 16.9. The highest BCUT2D eigenvalue weighted by Gasteiger charge is 2.21. The van der Waals surface area contributed by atoms with E-state index in [1.165, 1.54) is 0 Å². The van der Waals surface area contributed by atoms with Crippen molar-refractivity contribution in [3.8, 4) is 0 Å². The van der Waals surface area contributed by atoms with Crippen molar-refractivity contribution < 1.29 is 4.79 Å². The zero-order chi connectivity index (χ0) is 14.7. The topological polar surface area (TPSA) is 62.5 Å². The number of nitrogens with zero attached hydrogens (tertiary/aromatic N) is 4. The molecule has 0 spiro atoms. The number of imidazole rings is 1. The number of thioether (sulfide) groups is 1. The number of hydrogen-bond acceptors (Lipinski definition) is 4. The second-order valence-corrected chi connectivity index (χ2v) is 6.23. The van der Waals surface area contributed by atoms with Crippen LogP contribution >= 0.6 is 11.8 Å². The molecule has 3 heterocycles. The molecule has 0 aliphatic carbocycles. The first kappa shape index (κ1) is 14.2. The summed E-state index contributed by atoms with van der Waals surface area (Å²) in [6.45, 7) is 3.69. The average molecular weight is 305 g/mol. The molecule has 0 bridgehead atoms. The van der Waals surface area contributed by atoms with E-state index in [1.54, 1.807) is 6.20 Å². The summed E-state index contributed by atoms with van der Waals surface area (Å²) in [6, 6.07) is 1.80. The van der Waals surface area contributed by atoms with E-state index >= 15 is 0 Å². The number of urea groups is 1. The molecule has 1 aliphatic rings. The Morgan fingerprint density at radius 1 is 1.48 bits per heavy atom. The smallest absolute Gasteiger partial charge is 0.317 e. The van der Waals surface area contributed by atoms with E-state index in [0.29, 0.717) is 5.78 Å². The zero-order valence-corrected chi connectivity index (χ0v) is 12.8. The molecule has 3 rings (SSSR count). The lowest BCUT2D eigenvalue weighted by Gasteiger charge is -2.28. The van der Waals surface area contributed by atoms with Crippen LogP contribution in [0.4, 0.5) is 4.79 Å². The second kappa shape index (κ2) is 6.34. The Morgan fingerprint density at radius 2 is 2.29 bits per heavy atom. The summed E-state index contributed by atoms with van der Waals surface area (Å²) in [5.74, 6) is 2.69. The number of hydrogen-bond donors (Lipinski definition) is 1. The summed E-state index contributed by atoms with van der Waals surface area (Å²) < 4.78 is 1.88. The first-order valence-electron chi connectivity index (χ1n) is 7.20. The highest BCUT2D eigenvalue weighted by Crippen LogP contribution is 2.17. The monoisotopic (exact) mass is 305 g/mol. The van der Waals surface area contributed by atoms with Crippen LogP contribution < -0.4 is 5.32 Å². The Bertz CT molecular complexity index is 590. The van der Waals surface area contributed by atoms with Gasteiger partial charge in [0.25, 0.3) is 0 Å². The molecule has 2 aromatic rings. The Balaban J connectivity index is 1.73. The van der Waals surface area contributed by atoms with Crippen LogP contribution in [-0.2, 0) is 0 Å². The van der Waals surface area contributed by atoms with Crippen LogP contribution in [0.1, 0.15) is 25.1 Å². The molecule has 1 aliphatic heterocycles. The van der Waals surface area contributed by atoms with Gasteiger partial charge in [0.05, 0.1) is 11.7 Å². The lowest BCUT2D eigenvalue weighted by Crippen LogP contribution is -2.45. The third-order valence-electron chi connectivity index (χ3n) is 3.62. The zero-order valence-electron chi connectivity index (χ0n) is 12.0. The summed E-state index contributed by atoms with van der Waals surface area (Å²) >= 11 is 1.89. The van der Waals surface area contributed by atoms with Gasteiger partial charge < -0.3 is 10.2 Å². The van der Waals surface area contributed by atoms with Gasteiger partial charge >= 0.3 is 6.03 Å². The molecule has 1 fully saturated rings. The third kappa shape index (κ3) is 3.12. The van der Waals surface area contributed by atoms with Gasteiger partial charge in [0.2, 0.25) is 5.78 Å². The van der Waals surface area contributed by atoms with Gasteiger partial charge in [-0.3, -0.25) is 4.40 Å². The van der Waals surface area contributed by atoms with Crippen molar-refractivity contribution in [3.05, 3.63) is 30.4 Å². The van der Waals surface area contributed by atoms with Gasteiger partial charge in [0, 0.05) is 43.2 Å². The molecule has 0 aromatic carbocycles. The van der Waals surface area contributed by atoms with Crippen LogP contribution in [-0.4, -0.2) is 49.9 Å². The average Bonchev–Trinajstić information content (AvgIpc) is 2.97. The van der Waals surface area contributed by atoms with Crippen molar-refractivity contribution >= 4 is 23.6 Å². The van der Waals surface area contributed by atoms with Crippen LogP contribution in [0.3, 0.4) is 0 Å². The molecule has 2 amide bonds. The van der Waals surface area contributed by atoms with Crippen molar-refractivity contribution in [1.29, 1.82) is 0 Å². The largest absolute Gasteiger partial charge is 0.330 e. The minimum absolute atomic E-state index is 0.00663. The molecule has 1 N–H and O–H groups in total. The first-order valence-corrected chi connectivity index (χ1v) is 8.36.